The number of benzene rings is 3. The van der Waals surface area contributed by atoms with Gasteiger partial charge in [-0.1, -0.05) is 54.6 Å². The van der Waals surface area contributed by atoms with Crippen LogP contribution in [-0.4, -0.2) is 37.4 Å². The number of amides is 1. The summed E-state index contributed by atoms with van der Waals surface area (Å²) in [5.74, 6) is -0.353. The lowest BCUT2D eigenvalue weighted by atomic mass is 10.1. The highest BCUT2D eigenvalue weighted by atomic mass is 16.6. The molecule has 31 heavy (non-hydrogen) atoms. The molecule has 160 valence electrons. The van der Waals surface area contributed by atoms with Crippen LogP contribution in [0, 0.1) is 0 Å². The number of esters is 1. The van der Waals surface area contributed by atoms with Gasteiger partial charge >= 0.3 is 5.97 Å². The molecule has 0 spiro atoms. The molecule has 1 N–H and O–H groups in total. The van der Waals surface area contributed by atoms with Crippen LogP contribution < -0.4 is 10.1 Å². The molecule has 3 aromatic rings. The predicted octanol–water partition coefficient (Wildman–Crippen LogP) is 3.71. The second kappa shape index (κ2) is 10.9. The van der Waals surface area contributed by atoms with Crippen molar-refractivity contribution in [1.82, 2.24) is 5.32 Å². The van der Waals surface area contributed by atoms with Gasteiger partial charge < -0.3 is 14.8 Å². The first-order chi connectivity index (χ1) is 15.0. The number of ether oxygens (including phenoxy) is 2. The third-order valence-corrected chi connectivity index (χ3v) is 4.73. The zero-order valence-electron chi connectivity index (χ0n) is 17.4. The molecule has 0 bridgehead atoms. The second-order valence-corrected chi connectivity index (χ2v) is 7.16. The zero-order chi connectivity index (χ0) is 22.1. The van der Waals surface area contributed by atoms with Gasteiger partial charge in [0.1, 0.15) is 5.75 Å². The maximum Gasteiger partial charge on any atom is 0.344 e. The quantitative estimate of drug-likeness (QED) is 0.308. The van der Waals surface area contributed by atoms with E-state index in [1.807, 2.05) is 48.5 Å². The number of hydrogen-bond donors (Lipinski definition) is 1. The number of ketones is 1. The summed E-state index contributed by atoms with van der Waals surface area (Å²) in [7, 11) is 0. The zero-order valence-corrected chi connectivity index (χ0v) is 17.4. The number of aryl methyl sites for hydroxylation is 1. The average molecular weight is 419 g/mol. The van der Waals surface area contributed by atoms with Crippen LogP contribution in [0.5, 0.6) is 5.75 Å². The van der Waals surface area contributed by atoms with Crippen molar-refractivity contribution in [3.05, 3.63) is 77.9 Å². The summed E-state index contributed by atoms with van der Waals surface area (Å²) in [6, 6.07) is 20.6. The van der Waals surface area contributed by atoms with Crippen molar-refractivity contribution in [2.24, 2.45) is 0 Å². The summed E-state index contributed by atoms with van der Waals surface area (Å²) in [5, 5.41) is 4.85. The van der Waals surface area contributed by atoms with Crippen LogP contribution in [0.4, 0.5) is 0 Å². The van der Waals surface area contributed by atoms with Gasteiger partial charge in [-0.05, 0) is 41.3 Å². The average Bonchev–Trinajstić information content (AvgIpc) is 2.79. The summed E-state index contributed by atoms with van der Waals surface area (Å²) in [6.07, 6.45) is 1.62. The van der Waals surface area contributed by atoms with Crippen LogP contribution in [0.3, 0.4) is 0 Å². The number of fused-ring (bicyclic) bond motifs is 1. The molecule has 0 heterocycles. The number of hydrogen-bond acceptors (Lipinski definition) is 5. The summed E-state index contributed by atoms with van der Waals surface area (Å²) >= 11 is 0. The molecule has 3 rings (SSSR count). The first kappa shape index (κ1) is 22.0. The third kappa shape index (κ3) is 6.96. The van der Waals surface area contributed by atoms with Gasteiger partial charge in [0.05, 0.1) is 0 Å². The molecular formula is C25H25NO5. The molecule has 0 saturated carbocycles. The van der Waals surface area contributed by atoms with Crippen molar-refractivity contribution in [1.29, 1.82) is 0 Å². The molecule has 0 atom stereocenters. The van der Waals surface area contributed by atoms with Crippen LogP contribution in [0.25, 0.3) is 10.8 Å². The number of rotatable bonds is 10. The van der Waals surface area contributed by atoms with E-state index >= 15 is 0 Å². The van der Waals surface area contributed by atoms with Crippen molar-refractivity contribution in [3.63, 3.8) is 0 Å². The highest BCUT2D eigenvalue weighted by molar-refractivity contribution is 5.98. The number of Topliss-reactive ketones (excluding diaryl/α,β-unsaturated/α-hetero) is 1. The molecule has 1 amide bonds. The normalized spacial score (nSPS) is 10.5. The topological polar surface area (TPSA) is 81.7 Å². The minimum absolute atomic E-state index is 0.0434. The fraction of sp³-hybridized carbons (Fsp3) is 0.240. The Balaban J connectivity index is 1.41. The predicted molar refractivity (Wildman–Crippen MR) is 118 cm³/mol. The van der Waals surface area contributed by atoms with E-state index < -0.39 is 5.97 Å². The molecule has 0 aliphatic heterocycles. The van der Waals surface area contributed by atoms with E-state index in [4.69, 9.17) is 9.47 Å². The monoisotopic (exact) mass is 419 g/mol. The Bertz CT molecular complexity index is 1060. The Labute approximate surface area is 181 Å². The Hall–Kier alpha value is -3.67. The van der Waals surface area contributed by atoms with E-state index in [0.29, 0.717) is 17.9 Å². The van der Waals surface area contributed by atoms with Crippen LogP contribution in [-0.2, 0) is 20.7 Å². The number of carbonyl (C=O) groups excluding carboxylic acids is 3. The molecule has 0 radical (unpaired) electrons. The molecule has 0 aliphatic rings. The Morgan fingerprint density at radius 3 is 2.35 bits per heavy atom. The van der Waals surface area contributed by atoms with Gasteiger partial charge in [0.25, 0.3) is 0 Å². The highest BCUT2D eigenvalue weighted by Gasteiger charge is 2.11. The smallest absolute Gasteiger partial charge is 0.344 e. The van der Waals surface area contributed by atoms with E-state index in [1.165, 1.54) is 6.92 Å². The molecule has 0 saturated heterocycles. The van der Waals surface area contributed by atoms with Crippen LogP contribution in [0.2, 0.25) is 0 Å². The van der Waals surface area contributed by atoms with Crippen molar-refractivity contribution in [3.8, 4) is 5.75 Å². The van der Waals surface area contributed by atoms with Gasteiger partial charge in [-0.15, -0.1) is 0 Å². The second-order valence-electron chi connectivity index (χ2n) is 7.16. The molecule has 6 nitrogen and oxygen atoms in total. The standard InChI is InChI=1S/C25H25NO5/c1-18(27)26-14-4-5-19-8-10-21(11-9-19)24(28)16-31-25(29)17-30-23-13-12-20-6-2-3-7-22(20)15-23/h2-3,6-13,15H,4-5,14,16-17H2,1H3,(H,26,27). The lowest BCUT2D eigenvalue weighted by Gasteiger charge is -2.08. The maximum absolute atomic E-state index is 12.3. The van der Waals surface area contributed by atoms with E-state index in [9.17, 15) is 14.4 Å². The fourth-order valence-corrected chi connectivity index (χ4v) is 3.08. The summed E-state index contributed by atoms with van der Waals surface area (Å²) in [5.41, 5.74) is 1.55. The minimum atomic E-state index is -0.601. The molecule has 0 aliphatic carbocycles. The Morgan fingerprint density at radius 1 is 0.871 bits per heavy atom. The van der Waals surface area contributed by atoms with Gasteiger partial charge in [0.15, 0.2) is 19.0 Å². The number of carbonyl (C=O) groups is 3. The first-order valence-electron chi connectivity index (χ1n) is 10.1. The molecule has 0 unspecified atom stereocenters. The van der Waals surface area contributed by atoms with Crippen molar-refractivity contribution >= 4 is 28.4 Å². The van der Waals surface area contributed by atoms with Gasteiger partial charge in [-0.2, -0.15) is 0 Å². The van der Waals surface area contributed by atoms with Crippen LogP contribution >= 0.6 is 0 Å². The largest absolute Gasteiger partial charge is 0.482 e. The summed E-state index contributed by atoms with van der Waals surface area (Å²) < 4.78 is 10.5. The third-order valence-electron chi connectivity index (χ3n) is 4.73. The van der Waals surface area contributed by atoms with Crippen molar-refractivity contribution in [2.75, 3.05) is 19.8 Å². The Kier molecular flexibility index (Phi) is 7.76. The molecular weight excluding hydrogens is 394 g/mol. The van der Waals surface area contributed by atoms with Crippen LogP contribution in [0.1, 0.15) is 29.3 Å². The van der Waals surface area contributed by atoms with Crippen molar-refractivity contribution in [2.45, 2.75) is 19.8 Å². The van der Waals surface area contributed by atoms with E-state index in [-0.39, 0.29) is 24.9 Å². The number of nitrogens with one attached hydrogen (secondary N) is 1. The lowest BCUT2D eigenvalue weighted by Crippen LogP contribution is -2.21. The van der Waals surface area contributed by atoms with E-state index in [1.54, 1.807) is 18.2 Å². The molecule has 0 fully saturated rings. The minimum Gasteiger partial charge on any atom is -0.482 e. The van der Waals surface area contributed by atoms with Gasteiger partial charge in [0.2, 0.25) is 5.91 Å². The van der Waals surface area contributed by atoms with Crippen molar-refractivity contribution < 1.29 is 23.9 Å². The van der Waals surface area contributed by atoms with Gasteiger partial charge in [0, 0.05) is 19.0 Å². The maximum atomic E-state index is 12.3. The van der Waals surface area contributed by atoms with Gasteiger partial charge in [-0.3, -0.25) is 9.59 Å². The van der Waals surface area contributed by atoms with E-state index in [2.05, 4.69) is 5.32 Å². The van der Waals surface area contributed by atoms with Gasteiger partial charge in [-0.25, -0.2) is 4.79 Å². The first-order valence-corrected chi connectivity index (χ1v) is 10.1. The summed E-state index contributed by atoms with van der Waals surface area (Å²) in [6.45, 7) is 1.51. The van der Waals surface area contributed by atoms with Crippen LogP contribution in [0.15, 0.2) is 66.7 Å². The molecule has 6 heteroatoms. The SMILES string of the molecule is CC(=O)NCCCc1ccc(C(=O)COC(=O)COc2ccc3ccccc3c2)cc1. The lowest BCUT2D eigenvalue weighted by molar-refractivity contribution is -0.144. The highest BCUT2D eigenvalue weighted by Crippen LogP contribution is 2.20. The van der Waals surface area contributed by atoms with E-state index in [0.717, 1.165) is 29.2 Å². The fourth-order valence-electron chi connectivity index (χ4n) is 3.08. The molecule has 0 aromatic heterocycles. The Morgan fingerprint density at radius 2 is 1.61 bits per heavy atom. The summed E-state index contributed by atoms with van der Waals surface area (Å²) in [4.78, 5) is 35.0. The molecule has 3 aromatic carbocycles.